The van der Waals surface area contributed by atoms with E-state index in [2.05, 4.69) is 4.98 Å². The Kier molecular flexibility index (Phi) is 1.83. The molecular weight excluding hydrogens is 188 g/mol. The molecule has 1 heterocycles. The summed E-state index contributed by atoms with van der Waals surface area (Å²) in [7, 11) is 0. The number of hydrogen-bond donors (Lipinski definition) is 1. The van der Waals surface area contributed by atoms with Gasteiger partial charge in [0.1, 0.15) is 5.52 Å². The molecule has 3 nitrogen and oxygen atoms in total. The molecule has 1 saturated carbocycles. The Bertz CT molecular complexity index is 499. The molecule has 1 atom stereocenters. The molecule has 0 spiro atoms. The van der Waals surface area contributed by atoms with Crippen LogP contribution in [0.4, 0.5) is 0 Å². The van der Waals surface area contributed by atoms with E-state index in [0.29, 0.717) is 11.8 Å². The van der Waals surface area contributed by atoms with Gasteiger partial charge in [-0.1, -0.05) is 12.1 Å². The molecule has 1 fully saturated rings. The van der Waals surface area contributed by atoms with Gasteiger partial charge in [0.2, 0.25) is 5.89 Å². The number of hydrogen-bond acceptors (Lipinski definition) is 3. The first kappa shape index (κ1) is 8.92. The van der Waals surface area contributed by atoms with Crippen LogP contribution in [-0.4, -0.2) is 4.98 Å². The summed E-state index contributed by atoms with van der Waals surface area (Å²) in [6, 6.07) is 5.97. The zero-order valence-electron chi connectivity index (χ0n) is 8.73. The molecule has 2 N–H and O–H groups in total. The molecule has 1 aliphatic rings. The topological polar surface area (TPSA) is 52.0 Å². The van der Waals surface area contributed by atoms with Gasteiger partial charge in [-0.05, 0) is 37.3 Å². The van der Waals surface area contributed by atoms with Crippen molar-refractivity contribution >= 4 is 11.1 Å². The Morgan fingerprint density at radius 2 is 2.27 bits per heavy atom. The highest BCUT2D eigenvalue weighted by Crippen LogP contribution is 2.39. The lowest BCUT2D eigenvalue weighted by Crippen LogP contribution is -2.12. The Labute approximate surface area is 88.3 Å². The van der Waals surface area contributed by atoms with Gasteiger partial charge in [-0.3, -0.25) is 0 Å². The molecule has 0 saturated heterocycles. The minimum absolute atomic E-state index is 0.0169. The third-order valence-electron chi connectivity index (χ3n) is 3.04. The summed E-state index contributed by atoms with van der Waals surface area (Å²) in [5.41, 5.74) is 8.97. The zero-order valence-corrected chi connectivity index (χ0v) is 8.73. The van der Waals surface area contributed by atoms with Crippen molar-refractivity contribution in [2.75, 3.05) is 0 Å². The summed E-state index contributed by atoms with van der Waals surface area (Å²) in [4.78, 5) is 4.44. The lowest BCUT2D eigenvalue weighted by atomic mass is 10.2. The number of benzene rings is 1. The van der Waals surface area contributed by atoms with Crippen LogP contribution in [-0.2, 0) is 0 Å². The fourth-order valence-electron chi connectivity index (χ4n) is 1.90. The van der Waals surface area contributed by atoms with E-state index >= 15 is 0 Å². The van der Waals surface area contributed by atoms with Crippen molar-refractivity contribution in [2.45, 2.75) is 25.8 Å². The number of nitrogens with zero attached hydrogens (tertiary/aromatic N) is 1. The number of aromatic nitrogens is 1. The van der Waals surface area contributed by atoms with Crippen molar-refractivity contribution in [3.8, 4) is 0 Å². The Morgan fingerprint density at radius 1 is 1.47 bits per heavy atom. The van der Waals surface area contributed by atoms with Gasteiger partial charge in [0, 0.05) is 0 Å². The monoisotopic (exact) mass is 202 g/mol. The number of oxazole rings is 1. The molecule has 15 heavy (non-hydrogen) atoms. The van der Waals surface area contributed by atoms with Crippen molar-refractivity contribution in [1.82, 2.24) is 4.98 Å². The van der Waals surface area contributed by atoms with Crippen LogP contribution < -0.4 is 5.73 Å². The lowest BCUT2D eigenvalue weighted by Gasteiger charge is -2.02. The van der Waals surface area contributed by atoms with Gasteiger partial charge < -0.3 is 10.2 Å². The number of para-hydroxylation sites is 1. The van der Waals surface area contributed by atoms with Crippen LogP contribution in [0.2, 0.25) is 0 Å². The molecule has 0 bridgehead atoms. The minimum atomic E-state index is -0.0169. The van der Waals surface area contributed by atoms with Crippen molar-refractivity contribution < 1.29 is 4.42 Å². The second kappa shape index (κ2) is 3.07. The van der Waals surface area contributed by atoms with E-state index in [4.69, 9.17) is 10.2 Å². The highest BCUT2D eigenvalue weighted by molar-refractivity contribution is 5.76. The largest absolute Gasteiger partial charge is 0.439 e. The molecule has 1 aromatic heterocycles. The average molecular weight is 202 g/mol. The van der Waals surface area contributed by atoms with E-state index in [1.807, 2.05) is 25.1 Å². The normalized spacial score (nSPS) is 18.3. The van der Waals surface area contributed by atoms with Crippen LogP contribution in [0.3, 0.4) is 0 Å². The van der Waals surface area contributed by atoms with E-state index in [-0.39, 0.29) is 6.04 Å². The fraction of sp³-hybridized carbons (Fsp3) is 0.417. The Morgan fingerprint density at radius 3 is 2.93 bits per heavy atom. The number of rotatable bonds is 2. The molecule has 3 heteroatoms. The van der Waals surface area contributed by atoms with Crippen LogP contribution in [0.1, 0.15) is 30.3 Å². The van der Waals surface area contributed by atoms with Crippen molar-refractivity contribution in [3.63, 3.8) is 0 Å². The van der Waals surface area contributed by atoms with Gasteiger partial charge in [-0.15, -0.1) is 0 Å². The summed E-state index contributed by atoms with van der Waals surface area (Å²) >= 11 is 0. The Balaban J connectivity index is 2.09. The lowest BCUT2D eigenvalue weighted by molar-refractivity contribution is 0.447. The maximum atomic E-state index is 6.06. The average Bonchev–Trinajstić information content (AvgIpc) is 2.97. The minimum Gasteiger partial charge on any atom is -0.439 e. The summed E-state index contributed by atoms with van der Waals surface area (Å²) in [6.07, 6.45) is 2.41. The molecule has 1 aromatic carbocycles. The third-order valence-corrected chi connectivity index (χ3v) is 3.04. The van der Waals surface area contributed by atoms with Gasteiger partial charge in [0.05, 0.1) is 6.04 Å². The summed E-state index contributed by atoms with van der Waals surface area (Å²) in [5, 5.41) is 0. The molecule has 1 aliphatic carbocycles. The van der Waals surface area contributed by atoms with E-state index < -0.39 is 0 Å². The van der Waals surface area contributed by atoms with Crippen molar-refractivity contribution in [1.29, 1.82) is 0 Å². The molecule has 0 radical (unpaired) electrons. The third kappa shape index (κ3) is 1.43. The SMILES string of the molecule is Cc1cccc2nc(C(N)C3CC3)oc12. The first-order chi connectivity index (χ1) is 7.25. The molecular formula is C12H14N2O. The first-order valence-corrected chi connectivity index (χ1v) is 5.37. The van der Waals surface area contributed by atoms with Crippen LogP contribution in [0, 0.1) is 12.8 Å². The summed E-state index contributed by atoms with van der Waals surface area (Å²) in [6.45, 7) is 2.03. The molecule has 3 rings (SSSR count). The van der Waals surface area contributed by atoms with Crippen molar-refractivity contribution in [3.05, 3.63) is 29.7 Å². The number of fused-ring (bicyclic) bond motifs is 1. The summed E-state index contributed by atoms with van der Waals surface area (Å²) < 4.78 is 5.73. The van der Waals surface area contributed by atoms with Gasteiger partial charge in [0.25, 0.3) is 0 Å². The molecule has 0 amide bonds. The smallest absolute Gasteiger partial charge is 0.212 e. The number of aryl methyl sites for hydroxylation is 1. The second-order valence-electron chi connectivity index (χ2n) is 4.34. The van der Waals surface area contributed by atoms with Gasteiger partial charge in [-0.25, -0.2) is 4.98 Å². The zero-order chi connectivity index (χ0) is 10.4. The maximum Gasteiger partial charge on any atom is 0.212 e. The standard InChI is InChI=1S/C12H14N2O/c1-7-3-2-4-9-11(7)15-12(14-9)10(13)8-5-6-8/h2-4,8,10H,5-6,13H2,1H3. The quantitative estimate of drug-likeness (QED) is 0.814. The second-order valence-corrected chi connectivity index (χ2v) is 4.34. The highest BCUT2D eigenvalue weighted by Gasteiger charge is 2.32. The van der Waals surface area contributed by atoms with Crippen LogP contribution >= 0.6 is 0 Å². The van der Waals surface area contributed by atoms with E-state index in [9.17, 15) is 0 Å². The van der Waals surface area contributed by atoms with E-state index in [1.165, 1.54) is 12.8 Å². The molecule has 0 aliphatic heterocycles. The van der Waals surface area contributed by atoms with Crippen LogP contribution in [0.25, 0.3) is 11.1 Å². The van der Waals surface area contributed by atoms with Gasteiger partial charge in [0.15, 0.2) is 5.58 Å². The van der Waals surface area contributed by atoms with Crippen LogP contribution in [0.5, 0.6) is 0 Å². The fourth-order valence-corrected chi connectivity index (χ4v) is 1.90. The molecule has 2 aromatic rings. The van der Waals surface area contributed by atoms with E-state index in [1.54, 1.807) is 0 Å². The number of nitrogens with two attached hydrogens (primary N) is 1. The highest BCUT2D eigenvalue weighted by atomic mass is 16.3. The molecule has 1 unspecified atom stereocenters. The Hall–Kier alpha value is -1.35. The summed E-state index contributed by atoms with van der Waals surface area (Å²) in [5.74, 6) is 1.28. The van der Waals surface area contributed by atoms with Crippen molar-refractivity contribution in [2.24, 2.45) is 11.7 Å². The van der Waals surface area contributed by atoms with Crippen LogP contribution in [0.15, 0.2) is 22.6 Å². The predicted molar refractivity (Wildman–Crippen MR) is 58.4 cm³/mol. The van der Waals surface area contributed by atoms with Gasteiger partial charge in [-0.2, -0.15) is 0 Å². The van der Waals surface area contributed by atoms with E-state index in [0.717, 1.165) is 16.7 Å². The predicted octanol–water partition coefficient (Wildman–Crippen LogP) is 2.55. The first-order valence-electron chi connectivity index (χ1n) is 5.37. The van der Waals surface area contributed by atoms with Gasteiger partial charge >= 0.3 is 0 Å². The molecule has 78 valence electrons. The maximum absolute atomic E-state index is 6.06.